The molecule has 0 aliphatic rings. The molecule has 6 nitrogen and oxygen atoms in total. The lowest BCUT2D eigenvalue weighted by molar-refractivity contribution is -0.384. The molecular weight excluding hydrogens is 336 g/mol. The molecule has 23 heavy (non-hydrogen) atoms. The molecule has 0 aliphatic heterocycles. The Morgan fingerprint density at radius 2 is 1.91 bits per heavy atom. The SMILES string of the molecule is O=[N+]([O-])c1ccc(CSc2n[nH]c(-c3ccccc3Cl)n2)cc1. The third kappa shape index (κ3) is 3.69. The van der Waals surface area contributed by atoms with Crippen LogP contribution in [0.1, 0.15) is 5.56 Å². The Morgan fingerprint density at radius 1 is 1.17 bits per heavy atom. The average Bonchev–Trinajstić information content (AvgIpc) is 3.02. The third-order valence-corrected chi connectivity index (χ3v) is 4.36. The van der Waals surface area contributed by atoms with Crippen LogP contribution in [0.5, 0.6) is 0 Å². The van der Waals surface area contributed by atoms with Crippen molar-refractivity contribution in [2.45, 2.75) is 10.9 Å². The topological polar surface area (TPSA) is 84.7 Å². The molecule has 0 saturated carbocycles. The molecule has 3 rings (SSSR count). The summed E-state index contributed by atoms with van der Waals surface area (Å²) >= 11 is 7.57. The third-order valence-electron chi connectivity index (χ3n) is 3.11. The van der Waals surface area contributed by atoms with Crippen molar-refractivity contribution in [3.8, 4) is 11.4 Å². The van der Waals surface area contributed by atoms with E-state index in [1.165, 1.54) is 23.9 Å². The minimum absolute atomic E-state index is 0.0812. The largest absolute Gasteiger partial charge is 0.269 e. The van der Waals surface area contributed by atoms with Crippen molar-refractivity contribution in [3.63, 3.8) is 0 Å². The molecule has 0 fully saturated rings. The summed E-state index contributed by atoms with van der Waals surface area (Å²) in [4.78, 5) is 14.6. The van der Waals surface area contributed by atoms with Gasteiger partial charge in [-0.3, -0.25) is 15.2 Å². The second-order valence-corrected chi connectivity index (χ2v) is 6.01. The van der Waals surface area contributed by atoms with E-state index >= 15 is 0 Å². The van der Waals surface area contributed by atoms with Crippen LogP contribution in [0.2, 0.25) is 5.02 Å². The van der Waals surface area contributed by atoms with E-state index in [4.69, 9.17) is 11.6 Å². The smallest absolute Gasteiger partial charge is 0.258 e. The highest BCUT2D eigenvalue weighted by Gasteiger charge is 2.10. The number of hydrogen-bond acceptors (Lipinski definition) is 5. The number of H-pyrrole nitrogens is 1. The minimum Gasteiger partial charge on any atom is -0.258 e. The molecule has 0 radical (unpaired) electrons. The maximum absolute atomic E-state index is 10.6. The monoisotopic (exact) mass is 346 g/mol. The molecule has 1 aromatic heterocycles. The van der Waals surface area contributed by atoms with Gasteiger partial charge in [0.05, 0.1) is 9.95 Å². The Morgan fingerprint density at radius 3 is 2.61 bits per heavy atom. The Bertz CT molecular complexity index is 836. The number of thioether (sulfide) groups is 1. The molecule has 0 bridgehead atoms. The molecule has 0 unspecified atom stereocenters. The van der Waals surface area contributed by atoms with Gasteiger partial charge in [0.1, 0.15) is 0 Å². The van der Waals surface area contributed by atoms with Crippen LogP contribution in [0.4, 0.5) is 5.69 Å². The van der Waals surface area contributed by atoms with Gasteiger partial charge in [0.15, 0.2) is 5.82 Å². The lowest BCUT2D eigenvalue weighted by Gasteiger charge is -1.99. The number of halogens is 1. The first kappa shape index (κ1) is 15.5. The predicted octanol–water partition coefficient (Wildman–Crippen LogP) is 4.33. The lowest BCUT2D eigenvalue weighted by Crippen LogP contribution is -1.88. The van der Waals surface area contributed by atoms with Crippen molar-refractivity contribution >= 4 is 29.1 Å². The summed E-state index contributed by atoms with van der Waals surface area (Å²) < 4.78 is 0. The maximum atomic E-state index is 10.6. The van der Waals surface area contributed by atoms with Gasteiger partial charge in [-0.1, -0.05) is 47.6 Å². The molecular formula is C15H11ClN4O2S. The van der Waals surface area contributed by atoms with Crippen molar-refractivity contribution in [2.75, 3.05) is 0 Å². The van der Waals surface area contributed by atoms with E-state index in [0.29, 0.717) is 21.8 Å². The number of non-ortho nitro benzene ring substituents is 1. The van der Waals surface area contributed by atoms with Crippen LogP contribution >= 0.6 is 23.4 Å². The molecule has 2 aromatic carbocycles. The second kappa shape index (κ2) is 6.80. The predicted molar refractivity (Wildman–Crippen MR) is 89.5 cm³/mol. The molecule has 8 heteroatoms. The van der Waals surface area contributed by atoms with Crippen molar-refractivity contribution in [3.05, 3.63) is 69.2 Å². The molecule has 3 aromatic rings. The van der Waals surface area contributed by atoms with Gasteiger partial charge in [-0.05, 0) is 17.7 Å². The highest BCUT2D eigenvalue weighted by atomic mass is 35.5. The summed E-state index contributed by atoms with van der Waals surface area (Å²) in [5.41, 5.74) is 1.84. The number of nitro groups is 1. The number of aromatic nitrogens is 3. The van der Waals surface area contributed by atoms with Gasteiger partial charge in [0, 0.05) is 23.4 Å². The van der Waals surface area contributed by atoms with E-state index < -0.39 is 4.92 Å². The molecule has 0 aliphatic carbocycles. The zero-order valence-corrected chi connectivity index (χ0v) is 13.3. The van der Waals surface area contributed by atoms with Gasteiger partial charge in [-0.15, -0.1) is 5.10 Å². The number of rotatable bonds is 5. The van der Waals surface area contributed by atoms with Crippen LogP contribution in [0.3, 0.4) is 0 Å². The molecule has 0 atom stereocenters. The summed E-state index contributed by atoms with van der Waals surface area (Å²) in [5.74, 6) is 1.24. The van der Waals surface area contributed by atoms with Crippen LogP contribution in [0.25, 0.3) is 11.4 Å². The van der Waals surface area contributed by atoms with Crippen LogP contribution in [-0.4, -0.2) is 20.1 Å². The van der Waals surface area contributed by atoms with Crippen molar-refractivity contribution in [1.29, 1.82) is 0 Å². The fourth-order valence-corrected chi connectivity index (χ4v) is 2.93. The van der Waals surface area contributed by atoms with E-state index in [-0.39, 0.29) is 5.69 Å². The number of nitrogens with zero attached hydrogens (tertiary/aromatic N) is 3. The Labute approximate surface area is 141 Å². The van der Waals surface area contributed by atoms with Gasteiger partial charge in [-0.25, -0.2) is 4.98 Å². The Balaban J connectivity index is 1.68. The minimum atomic E-state index is -0.415. The molecule has 0 spiro atoms. The summed E-state index contributed by atoms with van der Waals surface area (Å²) in [6.07, 6.45) is 0. The van der Waals surface area contributed by atoms with Crippen LogP contribution < -0.4 is 0 Å². The maximum Gasteiger partial charge on any atom is 0.269 e. The van der Waals surface area contributed by atoms with Crippen LogP contribution in [-0.2, 0) is 5.75 Å². The van der Waals surface area contributed by atoms with E-state index in [0.717, 1.165) is 11.1 Å². The lowest BCUT2D eigenvalue weighted by atomic mass is 10.2. The van der Waals surface area contributed by atoms with Crippen LogP contribution in [0, 0.1) is 10.1 Å². The highest BCUT2D eigenvalue weighted by molar-refractivity contribution is 7.98. The average molecular weight is 347 g/mol. The van der Waals surface area contributed by atoms with E-state index in [1.807, 2.05) is 18.2 Å². The van der Waals surface area contributed by atoms with Gasteiger partial charge in [0.25, 0.3) is 5.69 Å². The fraction of sp³-hybridized carbons (Fsp3) is 0.0667. The van der Waals surface area contributed by atoms with Crippen LogP contribution in [0.15, 0.2) is 53.7 Å². The van der Waals surface area contributed by atoms with Crippen molar-refractivity contribution < 1.29 is 4.92 Å². The molecule has 1 heterocycles. The summed E-state index contributed by atoms with van der Waals surface area (Å²) in [5, 5.41) is 18.8. The number of nitro benzene ring substituents is 1. The van der Waals surface area contributed by atoms with Gasteiger partial charge in [-0.2, -0.15) is 0 Å². The van der Waals surface area contributed by atoms with Gasteiger partial charge >= 0.3 is 0 Å². The summed E-state index contributed by atoms with van der Waals surface area (Å²) in [6.45, 7) is 0. The zero-order valence-electron chi connectivity index (χ0n) is 11.8. The summed E-state index contributed by atoms with van der Waals surface area (Å²) in [6, 6.07) is 13.8. The highest BCUT2D eigenvalue weighted by Crippen LogP contribution is 2.27. The van der Waals surface area contributed by atoms with Crippen molar-refractivity contribution in [1.82, 2.24) is 15.2 Å². The molecule has 1 N–H and O–H groups in total. The molecule has 116 valence electrons. The van der Waals surface area contributed by atoms with Crippen molar-refractivity contribution in [2.24, 2.45) is 0 Å². The second-order valence-electron chi connectivity index (χ2n) is 4.66. The van der Waals surface area contributed by atoms with E-state index in [2.05, 4.69) is 15.2 Å². The number of benzene rings is 2. The summed E-state index contributed by atoms with van der Waals surface area (Å²) in [7, 11) is 0. The number of hydrogen-bond donors (Lipinski definition) is 1. The number of aromatic amines is 1. The fourth-order valence-electron chi connectivity index (χ4n) is 1.95. The number of nitrogens with one attached hydrogen (secondary N) is 1. The first-order chi connectivity index (χ1) is 11.1. The normalized spacial score (nSPS) is 10.7. The van der Waals surface area contributed by atoms with E-state index in [9.17, 15) is 10.1 Å². The molecule has 0 saturated heterocycles. The first-order valence-electron chi connectivity index (χ1n) is 6.67. The Kier molecular flexibility index (Phi) is 4.59. The van der Waals surface area contributed by atoms with Gasteiger partial charge < -0.3 is 0 Å². The first-order valence-corrected chi connectivity index (χ1v) is 8.03. The standard InChI is InChI=1S/C15H11ClN4O2S/c16-13-4-2-1-3-12(13)14-17-15(19-18-14)23-9-10-5-7-11(8-6-10)20(21)22/h1-8H,9H2,(H,17,18,19). The Hall–Kier alpha value is -2.38. The van der Waals surface area contributed by atoms with Gasteiger partial charge in [0.2, 0.25) is 5.16 Å². The van der Waals surface area contributed by atoms with E-state index in [1.54, 1.807) is 18.2 Å². The molecule has 0 amide bonds. The zero-order chi connectivity index (χ0) is 16.2. The quantitative estimate of drug-likeness (QED) is 0.422.